The Hall–Kier alpha value is -0.563. The molecule has 1 aliphatic rings. The van der Waals surface area contributed by atoms with Crippen LogP contribution in [0.1, 0.15) is 60.8 Å². The summed E-state index contributed by atoms with van der Waals surface area (Å²) in [4.78, 5) is 12.4. The number of rotatable bonds is 13. The van der Waals surface area contributed by atoms with E-state index in [2.05, 4.69) is 76.4 Å². The molecule has 1 aliphatic heterocycles. The molecule has 0 aliphatic carbocycles. The number of carbonyl (C=O) groups is 1. The van der Waals surface area contributed by atoms with Crippen molar-refractivity contribution in [3.63, 3.8) is 0 Å². The summed E-state index contributed by atoms with van der Waals surface area (Å²) in [5.41, 5.74) is 1.02. The van der Waals surface area contributed by atoms with Crippen LogP contribution in [-0.4, -0.2) is 70.9 Å². The van der Waals surface area contributed by atoms with Crippen molar-refractivity contribution in [2.45, 2.75) is 109 Å². The van der Waals surface area contributed by atoms with Gasteiger partial charge in [0.15, 0.2) is 14.1 Å². The van der Waals surface area contributed by atoms with Crippen LogP contribution in [0.4, 0.5) is 0 Å². The third-order valence-corrected chi connectivity index (χ3v) is 13.0. The zero-order valence-electron chi connectivity index (χ0n) is 25.2. The van der Waals surface area contributed by atoms with E-state index in [0.717, 1.165) is 5.57 Å². The summed E-state index contributed by atoms with van der Waals surface area (Å²) in [7, 11) is 2.50. The van der Waals surface area contributed by atoms with E-state index >= 15 is 0 Å². The van der Waals surface area contributed by atoms with Gasteiger partial charge in [-0.15, -0.1) is 0 Å². The first-order valence-corrected chi connectivity index (χ1v) is 17.5. The second-order valence-electron chi connectivity index (χ2n) is 12.0. The molecule has 38 heavy (non-hydrogen) atoms. The summed E-state index contributed by atoms with van der Waals surface area (Å²) < 4.78 is 32.3. The number of halogens is 1. The van der Waals surface area contributed by atoms with Gasteiger partial charge in [0.1, 0.15) is 0 Å². The van der Waals surface area contributed by atoms with Gasteiger partial charge in [0.05, 0.1) is 37.9 Å². The fraction of sp³-hybridized carbons (Fsp3) is 0.759. The van der Waals surface area contributed by atoms with Crippen molar-refractivity contribution in [3.8, 4) is 0 Å². The van der Waals surface area contributed by atoms with Gasteiger partial charge in [0.25, 0.3) is 0 Å². The van der Waals surface area contributed by atoms with Crippen molar-refractivity contribution < 1.29 is 33.3 Å². The highest BCUT2D eigenvalue weighted by molar-refractivity contribution is 14.1. The van der Waals surface area contributed by atoms with Gasteiger partial charge < -0.3 is 28.5 Å². The standard InChI is InChI=1S/C29H51IO7Si/c1-20(16-23(31)14-12-13-15-30)17-24(33-7)21(2)27-22(3)25(37-38(10,11)28(4,5)6)18-29(35-9,36-27)19-26(32)34-8/h12-15,17,21-25,27,31H,16,18-19H2,1-11H3/b14-12+,15-13+,20-17+/t21-,22-,23-,24-,25+,27+,29+/m0/s1. The highest BCUT2D eigenvalue weighted by Gasteiger charge is 2.52. The number of hydrogen-bond acceptors (Lipinski definition) is 7. The number of ether oxygens (including phenoxy) is 4. The lowest BCUT2D eigenvalue weighted by molar-refractivity contribution is -0.310. The van der Waals surface area contributed by atoms with Gasteiger partial charge in [-0.05, 0) is 35.6 Å². The lowest BCUT2D eigenvalue weighted by Crippen LogP contribution is -2.59. The zero-order chi connectivity index (χ0) is 29.3. The van der Waals surface area contributed by atoms with Crippen molar-refractivity contribution >= 4 is 36.9 Å². The summed E-state index contributed by atoms with van der Waals surface area (Å²) in [6.07, 6.45) is 7.13. The van der Waals surface area contributed by atoms with Crippen LogP contribution in [0.5, 0.6) is 0 Å². The Morgan fingerprint density at radius 2 is 1.87 bits per heavy atom. The number of hydrogen-bond donors (Lipinski definition) is 1. The van der Waals surface area contributed by atoms with Gasteiger partial charge in [-0.3, -0.25) is 4.79 Å². The SMILES string of the molecule is COC(=O)C[C@@]1(OC)C[C@@H](O[Si](C)(C)C(C)(C)C)[C@H](C)[C@@H]([C@@H](C)[C@H](/C=C(\C)C[C@@H](O)/C=C/C=C/I)OC)O1. The van der Waals surface area contributed by atoms with Crippen LogP contribution in [0, 0.1) is 11.8 Å². The average molecular weight is 667 g/mol. The topological polar surface area (TPSA) is 83.5 Å². The van der Waals surface area contributed by atoms with Crippen LogP contribution >= 0.6 is 22.6 Å². The minimum absolute atomic E-state index is 0.0238. The molecule has 1 N–H and O–H groups in total. The maximum absolute atomic E-state index is 12.4. The Balaban J connectivity index is 3.33. The van der Waals surface area contributed by atoms with Gasteiger partial charge in [-0.1, -0.05) is 87.1 Å². The molecule has 0 aromatic heterocycles. The Labute approximate surface area is 245 Å². The quantitative estimate of drug-likeness (QED) is 0.0784. The first kappa shape index (κ1) is 35.5. The average Bonchev–Trinajstić information content (AvgIpc) is 2.83. The first-order valence-electron chi connectivity index (χ1n) is 13.4. The molecule has 0 aromatic carbocycles. The smallest absolute Gasteiger partial charge is 0.310 e. The molecule has 7 atom stereocenters. The molecule has 7 nitrogen and oxygen atoms in total. The van der Waals surface area contributed by atoms with Crippen LogP contribution in [0.3, 0.4) is 0 Å². The van der Waals surface area contributed by atoms with E-state index in [4.69, 9.17) is 23.4 Å². The number of carbonyl (C=O) groups excluding carboxylic acids is 1. The second-order valence-corrected chi connectivity index (χ2v) is 17.5. The van der Waals surface area contributed by atoms with Gasteiger partial charge in [-0.25, -0.2) is 0 Å². The maximum atomic E-state index is 12.4. The first-order chi connectivity index (χ1) is 17.6. The number of esters is 1. The second kappa shape index (κ2) is 15.4. The largest absolute Gasteiger partial charge is 0.469 e. The van der Waals surface area contributed by atoms with E-state index in [1.165, 1.54) is 7.11 Å². The Kier molecular flexibility index (Phi) is 14.4. The highest BCUT2D eigenvalue weighted by Crippen LogP contribution is 2.45. The molecule has 0 spiro atoms. The minimum atomic E-state index is -2.13. The summed E-state index contributed by atoms with van der Waals surface area (Å²) in [6, 6.07) is 0. The molecule has 0 amide bonds. The van der Waals surface area contributed by atoms with Crippen molar-refractivity contribution in [2.75, 3.05) is 21.3 Å². The highest BCUT2D eigenvalue weighted by atomic mass is 127. The van der Waals surface area contributed by atoms with E-state index in [-0.39, 0.29) is 41.6 Å². The molecule has 0 saturated carbocycles. The predicted octanol–water partition coefficient (Wildman–Crippen LogP) is 6.56. The minimum Gasteiger partial charge on any atom is -0.469 e. The van der Waals surface area contributed by atoms with Crippen molar-refractivity contribution in [2.24, 2.45) is 11.8 Å². The molecule has 1 saturated heterocycles. The normalized spacial score (nSPS) is 28.0. The fourth-order valence-electron chi connectivity index (χ4n) is 4.61. The van der Waals surface area contributed by atoms with Crippen LogP contribution in [0.2, 0.25) is 18.1 Å². The monoisotopic (exact) mass is 666 g/mol. The van der Waals surface area contributed by atoms with Gasteiger partial charge in [0, 0.05) is 32.5 Å². The van der Waals surface area contributed by atoms with Crippen LogP contribution in [0.15, 0.2) is 34.0 Å². The van der Waals surface area contributed by atoms with E-state index in [9.17, 15) is 9.90 Å². The summed E-state index contributed by atoms with van der Waals surface area (Å²) >= 11 is 2.14. The van der Waals surface area contributed by atoms with Crippen molar-refractivity contribution in [3.05, 3.63) is 34.0 Å². The molecular formula is C29H51IO7Si. The molecule has 220 valence electrons. The van der Waals surface area contributed by atoms with Crippen LogP contribution < -0.4 is 0 Å². The third kappa shape index (κ3) is 10.1. The van der Waals surface area contributed by atoms with Gasteiger partial charge in [0.2, 0.25) is 0 Å². The maximum Gasteiger partial charge on any atom is 0.310 e. The number of aliphatic hydroxyl groups is 1. The molecule has 9 heteroatoms. The number of methoxy groups -OCH3 is 3. The van der Waals surface area contributed by atoms with Gasteiger partial charge >= 0.3 is 5.97 Å². The molecule has 0 bridgehead atoms. The Morgan fingerprint density at radius 3 is 2.37 bits per heavy atom. The van der Waals surface area contributed by atoms with E-state index in [0.29, 0.717) is 12.8 Å². The molecule has 1 fully saturated rings. The van der Waals surface area contributed by atoms with Crippen molar-refractivity contribution in [1.82, 2.24) is 0 Å². The fourth-order valence-corrected chi connectivity index (χ4v) is 6.26. The third-order valence-electron chi connectivity index (χ3n) is 8.04. The van der Waals surface area contributed by atoms with E-state index in [1.807, 2.05) is 23.2 Å². The summed E-state index contributed by atoms with van der Waals surface area (Å²) in [5, 5.41) is 10.4. The molecule has 0 unspecified atom stereocenters. The van der Waals surface area contributed by atoms with Crippen LogP contribution in [0.25, 0.3) is 0 Å². The van der Waals surface area contributed by atoms with Crippen molar-refractivity contribution in [1.29, 1.82) is 0 Å². The van der Waals surface area contributed by atoms with E-state index in [1.54, 1.807) is 20.3 Å². The van der Waals surface area contributed by atoms with Crippen LogP contribution in [-0.2, 0) is 28.2 Å². The summed E-state index contributed by atoms with van der Waals surface area (Å²) in [6.45, 7) is 17.4. The lowest BCUT2D eigenvalue weighted by Gasteiger charge is -2.51. The summed E-state index contributed by atoms with van der Waals surface area (Å²) in [5.74, 6) is -1.61. The Morgan fingerprint density at radius 1 is 1.24 bits per heavy atom. The lowest BCUT2D eigenvalue weighted by atomic mass is 9.80. The number of aliphatic hydroxyl groups excluding tert-OH is 1. The zero-order valence-corrected chi connectivity index (χ0v) is 28.4. The predicted molar refractivity (Wildman–Crippen MR) is 164 cm³/mol. The molecule has 1 rings (SSSR count). The van der Waals surface area contributed by atoms with Gasteiger partial charge in [-0.2, -0.15) is 0 Å². The molecule has 0 radical (unpaired) electrons. The molecule has 0 aromatic rings. The molecule has 1 heterocycles. The number of allylic oxidation sites excluding steroid dienone is 2. The van der Waals surface area contributed by atoms with E-state index < -0.39 is 26.2 Å². The molecular weight excluding hydrogens is 615 g/mol. The Bertz CT molecular complexity index is 835.